The van der Waals surface area contributed by atoms with Gasteiger partial charge in [-0.25, -0.2) is 0 Å². The Kier molecular flexibility index (Phi) is 8.89. The maximum atomic E-state index is 6.78. The molecule has 1 fully saturated rings. The topological polar surface area (TPSA) is 12.5 Å². The molecule has 4 heteroatoms. The number of ether oxygens (including phenoxy) is 1. The van der Waals surface area contributed by atoms with Crippen molar-refractivity contribution in [2.45, 2.75) is 77.6 Å². The highest BCUT2D eigenvalue weighted by Gasteiger charge is 2.42. The zero-order valence-corrected chi connectivity index (χ0v) is 20.6. The molecule has 1 aromatic carbocycles. The van der Waals surface area contributed by atoms with Gasteiger partial charge in [0, 0.05) is 34.1 Å². The fraction of sp³-hybridized carbons (Fsp3) is 0.481. The summed E-state index contributed by atoms with van der Waals surface area (Å²) in [5.74, 6) is 1.14. The van der Waals surface area contributed by atoms with Gasteiger partial charge in [-0.3, -0.25) is 4.90 Å². The van der Waals surface area contributed by atoms with Gasteiger partial charge in [-0.05, 0) is 77.2 Å². The SMILES string of the molecule is C/C=C\C(=C(/C)Cl)C(C1CC=CC=C1Cl)N1C(C)CCC1CC(C)Oc1ccccc1. The van der Waals surface area contributed by atoms with E-state index >= 15 is 0 Å². The number of nitrogens with zero attached hydrogens (tertiary/aromatic N) is 1. The molecule has 2 aliphatic rings. The monoisotopic (exact) mass is 459 g/mol. The molecule has 0 saturated carbocycles. The van der Waals surface area contributed by atoms with Crippen LogP contribution in [0.3, 0.4) is 0 Å². The molecule has 1 aliphatic carbocycles. The average Bonchev–Trinajstić information content (AvgIpc) is 3.09. The third kappa shape index (κ3) is 6.06. The Bertz CT molecular complexity index is 838. The molecule has 2 nitrogen and oxygen atoms in total. The molecule has 168 valence electrons. The number of para-hydroxylation sites is 1. The van der Waals surface area contributed by atoms with Crippen LogP contribution in [0.4, 0.5) is 0 Å². The van der Waals surface area contributed by atoms with E-state index in [1.165, 1.54) is 12.0 Å². The molecular weight excluding hydrogens is 425 g/mol. The molecule has 1 saturated heterocycles. The van der Waals surface area contributed by atoms with Crippen molar-refractivity contribution in [1.29, 1.82) is 0 Å². The maximum Gasteiger partial charge on any atom is 0.119 e. The third-order valence-electron chi connectivity index (χ3n) is 6.43. The zero-order valence-electron chi connectivity index (χ0n) is 19.1. The molecule has 31 heavy (non-hydrogen) atoms. The Morgan fingerprint density at radius 3 is 2.65 bits per heavy atom. The number of benzene rings is 1. The van der Waals surface area contributed by atoms with Gasteiger partial charge in [0.25, 0.3) is 0 Å². The fourth-order valence-corrected chi connectivity index (χ4v) is 5.53. The van der Waals surface area contributed by atoms with E-state index in [4.69, 9.17) is 27.9 Å². The molecule has 0 N–H and O–H groups in total. The Hall–Kier alpha value is -1.48. The summed E-state index contributed by atoms with van der Waals surface area (Å²) < 4.78 is 6.23. The molecule has 0 aromatic heterocycles. The van der Waals surface area contributed by atoms with E-state index in [-0.39, 0.29) is 18.1 Å². The van der Waals surface area contributed by atoms with Crippen LogP contribution in [-0.4, -0.2) is 29.1 Å². The van der Waals surface area contributed by atoms with Gasteiger partial charge in [-0.1, -0.05) is 65.7 Å². The number of halogens is 2. The van der Waals surface area contributed by atoms with E-state index in [1.807, 2.05) is 43.3 Å². The molecule has 1 aromatic rings. The number of allylic oxidation sites excluding steroid dienone is 5. The highest BCUT2D eigenvalue weighted by atomic mass is 35.5. The predicted molar refractivity (Wildman–Crippen MR) is 134 cm³/mol. The van der Waals surface area contributed by atoms with Gasteiger partial charge < -0.3 is 4.74 Å². The van der Waals surface area contributed by atoms with E-state index in [1.54, 1.807) is 0 Å². The standard InChI is InChI=1S/C27H35Cl2NO/c1-5-11-24(21(4)28)27(25-14-9-10-15-26(25)29)30-19(2)16-17-22(30)18-20(3)31-23-12-7-6-8-13-23/h5-13,15,19-20,22,25,27H,14,16-18H2,1-4H3/b11-5-,24-21-. The Morgan fingerprint density at radius 2 is 2.00 bits per heavy atom. The van der Waals surface area contributed by atoms with Gasteiger partial charge in [0.05, 0.1) is 6.10 Å². The number of hydrogen-bond donors (Lipinski definition) is 0. The van der Waals surface area contributed by atoms with Gasteiger partial charge in [0.15, 0.2) is 0 Å². The van der Waals surface area contributed by atoms with E-state index in [0.29, 0.717) is 12.1 Å². The van der Waals surface area contributed by atoms with Crippen molar-refractivity contribution in [3.63, 3.8) is 0 Å². The minimum Gasteiger partial charge on any atom is -0.491 e. The van der Waals surface area contributed by atoms with Crippen LogP contribution in [-0.2, 0) is 0 Å². The first-order valence-corrected chi connectivity index (χ1v) is 12.2. The van der Waals surface area contributed by atoms with Crippen LogP contribution in [0.25, 0.3) is 0 Å². The first-order valence-electron chi connectivity index (χ1n) is 11.4. The minimum absolute atomic E-state index is 0.129. The summed E-state index contributed by atoms with van der Waals surface area (Å²) in [7, 11) is 0. The molecule has 0 bridgehead atoms. The summed E-state index contributed by atoms with van der Waals surface area (Å²) in [6, 6.07) is 11.1. The largest absolute Gasteiger partial charge is 0.491 e. The van der Waals surface area contributed by atoms with Gasteiger partial charge in [-0.15, -0.1) is 0 Å². The van der Waals surface area contributed by atoms with Crippen LogP contribution in [0, 0.1) is 5.92 Å². The molecule has 5 unspecified atom stereocenters. The Balaban J connectivity index is 1.89. The summed E-state index contributed by atoms with van der Waals surface area (Å²) >= 11 is 13.4. The first-order chi connectivity index (χ1) is 14.9. The molecule has 1 heterocycles. The van der Waals surface area contributed by atoms with Crippen LogP contribution in [0.1, 0.15) is 53.4 Å². The zero-order chi connectivity index (χ0) is 22.4. The summed E-state index contributed by atoms with van der Waals surface area (Å²) in [5.41, 5.74) is 1.17. The Morgan fingerprint density at radius 1 is 1.26 bits per heavy atom. The second-order valence-electron chi connectivity index (χ2n) is 8.76. The van der Waals surface area contributed by atoms with Gasteiger partial charge in [0.2, 0.25) is 0 Å². The molecule has 5 atom stereocenters. The van der Waals surface area contributed by atoms with Crippen LogP contribution < -0.4 is 4.74 Å². The minimum atomic E-state index is 0.129. The second-order valence-corrected chi connectivity index (χ2v) is 9.76. The third-order valence-corrected chi connectivity index (χ3v) is 7.06. The normalized spacial score (nSPS) is 27.2. The first kappa shape index (κ1) is 24.2. The number of rotatable bonds is 8. The van der Waals surface area contributed by atoms with Crippen LogP contribution in [0.2, 0.25) is 0 Å². The van der Waals surface area contributed by atoms with Crippen molar-refractivity contribution >= 4 is 23.2 Å². The molecule has 0 amide bonds. The van der Waals surface area contributed by atoms with Crippen LogP contribution in [0.5, 0.6) is 5.75 Å². The summed E-state index contributed by atoms with van der Waals surface area (Å²) in [5, 5.41) is 1.76. The van der Waals surface area contributed by atoms with Gasteiger partial charge in [0.1, 0.15) is 5.75 Å². The lowest BCUT2D eigenvalue weighted by atomic mass is 9.84. The quantitative estimate of drug-likeness (QED) is 0.366. The van der Waals surface area contributed by atoms with Crippen LogP contribution in [0.15, 0.2) is 76.3 Å². The lowest BCUT2D eigenvalue weighted by molar-refractivity contribution is 0.0933. The summed E-state index contributed by atoms with van der Waals surface area (Å²) in [4.78, 5) is 2.67. The van der Waals surface area contributed by atoms with Crippen LogP contribution >= 0.6 is 23.2 Å². The van der Waals surface area contributed by atoms with Crippen molar-refractivity contribution in [2.24, 2.45) is 5.92 Å². The maximum absolute atomic E-state index is 6.78. The lowest BCUT2D eigenvalue weighted by Crippen LogP contribution is -2.49. The summed E-state index contributed by atoms with van der Waals surface area (Å²) in [6.45, 7) is 8.56. The van der Waals surface area contributed by atoms with Gasteiger partial charge in [-0.2, -0.15) is 0 Å². The summed E-state index contributed by atoms with van der Waals surface area (Å²) in [6.07, 6.45) is 14.9. The molecule has 3 rings (SSSR count). The van der Waals surface area contributed by atoms with Crippen molar-refractivity contribution in [2.75, 3.05) is 0 Å². The molecule has 1 aliphatic heterocycles. The van der Waals surface area contributed by atoms with Crippen molar-refractivity contribution in [3.05, 3.63) is 76.3 Å². The lowest BCUT2D eigenvalue weighted by Gasteiger charge is -2.42. The van der Waals surface area contributed by atoms with E-state index in [9.17, 15) is 0 Å². The average molecular weight is 460 g/mol. The fourth-order valence-electron chi connectivity index (χ4n) is 5.08. The highest BCUT2D eigenvalue weighted by molar-refractivity contribution is 6.30. The number of hydrogen-bond acceptors (Lipinski definition) is 2. The molecule has 0 spiro atoms. The predicted octanol–water partition coefficient (Wildman–Crippen LogP) is 7.85. The van der Waals surface area contributed by atoms with Crippen molar-refractivity contribution < 1.29 is 4.74 Å². The highest BCUT2D eigenvalue weighted by Crippen LogP contribution is 2.41. The van der Waals surface area contributed by atoms with E-state index in [2.05, 4.69) is 50.0 Å². The Labute approximate surface area is 198 Å². The second kappa shape index (κ2) is 11.4. The smallest absolute Gasteiger partial charge is 0.119 e. The van der Waals surface area contributed by atoms with E-state index in [0.717, 1.165) is 35.1 Å². The van der Waals surface area contributed by atoms with Gasteiger partial charge >= 0.3 is 0 Å². The van der Waals surface area contributed by atoms with Crippen molar-refractivity contribution in [3.8, 4) is 5.75 Å². The van der Waals surface area contributed by atoms with Crippen molar-refractivity contribution in [1.82, 2.24) is 4.90 Å². The van der Waals surface area contributed by atoms with E-state index < -0.39 is 0 Å². The molecular formula is C27H35Cl2NO. The number of likely N-dealkylation sites (tertiary alicyclic amines) is 1. The molecule has 0 radical (unpaired) electrons.